The zero-order valence-electron chi connectivity index (χ0n) is 17.9. The van der Waals surface area contributed by atoms with Crippen LogP contribution in [0.15, 0.2) is 59.6 Å². The van der Waals surface area contributed by atoms with Gasteiger partial charge < -0.3 is 19.3 Å². The predicted octanol–water partition coefficient (Wildman–Crippen LogP) is 3.33. The number of ether oxygens (including phenoxy) is 3. The van der Waals surface area contributed by atoms with Gasteiger partial charge in [0, 0.05) is 17.1 Å². The number of aromatic nitrogens is 1. The minimum Gasteiger partial charge on any atom is -0.507 e. The normalized spacial score (nSPS) is 18.7. The number of Topliss-reactive ketones (excluding diaryl/α,β-unsaturated/α-hetero) is 1. The van der Waals surface area contributed by atoms with Gasteiger partial charge in [0.25, 0.3) is 5.78 Å². The molecule has 9 nitrogen and oxygen atoms in total. The van der Waals surface area contributed by atoms with Crippen molar-refractivity contribution in [2.75, 3.05) is 25.2 Å². The number of nitrogens with zero attached hydrogens (tertiary/aromatic N) is 2. The Kier molecular flexibility index (Phi) is 5.50. The molecule has 3 aromatic rings. The van der Waals surface area contributed by atoms with Crippen molar-refractivity contribution in [3.05, 3.63) is 76.3 Å². The number of carbonyl (C=O) groups is 3. The first kappa shape index (κ1) is 21.7. The van der Waals surface area contributed by atoms with Crippen LogP contribution < -0.4 is 14.4 Å². The van der Waals surface area contributed by atoms with Gasteiger partial charge in [-0.2, -0.15) is 0 Å². The van der Waals surface area contributed by atoms with Crippen molar-refractivity contribution in [3.8, 4) is 11.5 Å². The molecule has 2 aliphatic rings. The van der Waals surface area contributed by atoms with E-state index in [9.17, 15) is 19.5 Å². The Bertz CT molecular complexity index is 1320. The Morgan fingerprint density at radius 2 is 1.79 bits per heavy atom. The van der Waals surface area contributed by atoms with Crippen molar-refractivity contribution in [1.29, 1.82) is 0 Å². The van der Waals surface area contributed by atoms with Gasteiger partial charge in [0.1, 0.15) is 19.0 Å². The fourth-order valence-electron chi connectivity index (χ4n) is 3.95. The zero-order valence-corrected chi connectivity index (χ0v) is 18.7. The van der Waals surface area contributed by atoms with Crippen LogP contribution in [0.2, 0.25) is 0 Å². The second-order valence-corrected chi connectivity index (χ2v) is 8.33. The van der Waals surface area contributed by atoms with Crippen LogP contribution in [-0.2, 0) is 14.3 Å². The van der Waals surface area contributed by atoms with E-state index in [1.165, 1.54) is 41.7 Å². The van der Waals surface area contributed by atoms with Crippen LogP contribution >= 0.6 is 11.3 Å². The number of anilines is 1. The third-order valence-corrected chi connectivity index (χ3v) is 6.30. The lowest BCUT2D eigenvalue weighted by Crippen LogP contribution is -2.29. The first-order valence-electron chi connectivity index (χ1n) is 10.3. The molecule has 3 heterocycles. The molecule has 1 atom stereocenters. The molecule has 2 aliphatic heterocycles. The average molecular weight is 478 g/mol. The summed E-state index contributed by atoms with van der Waals surface area (Å²) in [5.41, 5.74) is 1.03. The monoisotopic (exact) mass is 478 g/mol. The first-order valence-corrected chi connectivity index (χ1v) is 11.2. The third kappa shape index (κ3) is 3.57. The fourth-order valence-corrected chi connectivity index (χ4v) is 4.61. The van der Waals surface area contributed by atoms with Crippen LogP contribution in [0.4, 0.5) is 5.13 Å². The molecule has 1 N–H and O–H groups in total. The smallest absolute Gasteiger partial charge is 0.337 e. The van der Waals surface area contributed by atoms with Crippen LogP contribution in [0.1, 0.15) is 27.5 Å². The summed E-state index contributed by atoms with van der Waals surface area (Å²) in [6.07, 6.45) is 1.53. The predicted molar refractivity (Wildman–Crippen MR) is 122 cm³/mol. The highest BCUT2D eigenvalue weighted by Gasteiger charge is 2.48. The number of aliphatic hydroxyl groups is 1. The minimum atomic E-state index is -0.953. The molecule has 172 valence electrons. The second kappa shape index (κ2) is 8.64. The SMILES string of the molecule is COC(=O)c1ccc([C@H]2C(=C(O)c3ccc4c(c3)OCCO4)C(=O)C(=O)N2c2nccs2)cc1. The number of esters is 1. The van der Waals surface area contributed by atoms with Crippen LogP contribution in [0.5, 0.6) is 11.5 Å². The molecule has 1 amide bonds. The maximum atomic E-state index is 13.2. The van der Waals surface area contributed by atoms with E-state index in [-0.39, 0.29) is 11.3 Å². The van der Waals surface area contributed by atoms with Crippen LogP contribution in [0, 0.1) is 0 Å². The molecule has 0 bridgehead atoms. The number of rotatable bonds is 4. The maximum Gasteiger partial charge on any atom is 0.337 e. The molecule has 0 unspecified atom stereocenters. The number of thiazole rings is 1. The van der Waals surface area contributed by atoms with Gasteiger partial charge in [0.05, 0.1) is 24.3 Å². The van der Waals surface area contributed by atoms with Gasteiger partial charge in [-0.05, 0) is 35.9 Å². The highest BCUT2D eigenvalue weighted by Crippen LogP contribution is 2.43. The molecule has 34 heavy (non-hydrogen) atoms. The Hall–Kier alpha value is -4.18. The molecular formula is C24H18N2O7S. The van der Waals surface area contributed by atoms with E-state index in [4.69, 9.17) is 14.2 Å². The molecule has 10 heteroatoms. The van der Waals surface area contributed by atoms with E-state index in [2.05, 4.69) is 4.98 Å². The zero-order chi connectivity index (χ0) is 23.8. The number of benzene rings is 2. The van der Waals surface area contributed by atoms with Crippen molar-refractivity contribution in [2.24, 2.45) is 0 Å². The molecule has 0 radical (unpaired) electrons. The maximum absolute atomic E-state index is 13.2. The summed E-state index contributed by atoms with van der Waals surface area (Å²) in [6, 6.07) is 10.1. The van der Waals surface area contributed by atoms with Gasteiger partial charge in [-0.1, -0.05) is 12.1 Å². The Morgan fingerprint density at radius 1 is 1.09 bits per heavy atom. The molecular weight excluding hydrogens is 460 g/mol. The topological polar surface area (TPSA) is 115 Å². The molecule has 0 spiro atoms. The van der Waals surface area contributed by atoms with Crippen molar-refractivity contribution >= 4 is 39.9 Å². The highest BCUT2D eigenvalue weighted by atomic mass is 32.1. The van der Waals surface area contributed by atoms with Crippen LogP contribution in [-0.4, -0.2) is 48.1 Å². The number of amides is 1. The molecule has 5 rings (SSSR count). The minimum absolute atomic E-state index is 0.0947. The molecule has 1 aromatic heterocycles. The number of ketones is 1. The Labute approximate surface area is 197 Å². The first-order chi connectivity index (χ1) is 16.5. The number of hydrogen-bond donors (Lipinski definition) is 1. The quantitative estimate of drug-likeness (QED) is 0.263. The Morgan fingerprint density at radius 3 is 2.47 bits per heavy atom. The summed E-state index contributed by atoms with van der Waals surface area (Å²) in [5.74, 6) is -1.56. The number of carbonyl (C=O) groups excluding carboxylic acids is 3. The summed E-state index contributed by atoms with van der Waals surface area (Å²) in [4.78, 5) is 43.5. The van der Waals surface area contributed by atoms with Crippen molar-refractivity contribution < 1.29 is 33.7 Å². The molecule has 1 saturated heterocycles. The van der Waals surface area contributed by atoms with E-state index in [1.54, 1.807) is 35.7 Å². The summed E-state index contributed by atoms with van der Waals surface area (Å²) in [6.45, 7) is 0.775. The average Bonchev–Trinajstić information content (AvgIpc) is 3.49. The van der Waals surface area contributed by atoms with Gasteiger partial charge in [0.2, 0.25) is 0 Å². The van der Waals surface area contributed by atoms with Gasteiger partial charge in [-0.3, -0.25) is 14.5 Å². The lowest BCUT2D eigenvalue weighted by molar-refractivity contribution is -0.132. The van der Waals surface area contributed by atoms with Crippen molar-refractivity contribution in [3.63, 3.8) is 0 Å². The Balaban J connectivity index is 1.65. The summed E-state index contributed by atoms with van der Waals surface area (Å²) >= 11 is 1.19. The van der Waals surface area contributed by atoms with Gasteiger partial charge in [-0.25, -0.2) is 9.78 Å². The number of hydrogen-bond acceptors (Lipinski definition) is 9. The lowest BCUT2D eigenvalue weighted by atomic mass is 9.94. The van der Waals surface area contributed by atoms with E-state index in [0.717, 1.165) is 0 Å². The van der Waals surface area contributed by atoms with Crippen LogP contribution in [0.3, 0.4) is 0 Å². The largest absolute Gasteiger partial charge is 0.507 e. The van der Waals surface area contributed by atoms with E-state index in [1.807, 2.05) is 0 Å². The number of aliphatic hydroxyl groups excluding tert-OH is 1. The van der Waals surface area contributed by atoms with Gasteiger partial charge in [-0.15, -0.1) is 11.3 Å². The molecule has 1 fully saturated rings. The highest BCUT2D eigenvalue weighted by molar-refractivity contribution is 7.14. The van der Waals surface area contributed by atoms with Gasteiger partial charge >= 0.3 is 11.9 Å². The van der Waals surface area contributed by atoms with E-state index >= 15 is 0 Å². The standard InChI is InChI=1S/C24H18N2O7S/c1-31-23(30)14-4-2-13(3-5-14)19-18(21(28)22(29)26(19)24-25-8-11-34-24)20(27)15-6-7-16-17(12-15)33-10-9-32-16/h2-8,11-12,19,27H,9-10H2,1H3/t19-/m0/s1. The summed E-state index contributed by atoms with van der Waals surface area (Å²) in [5, 5.41) is 13.2. The summed E-state index contributed by atoms with van der Waals surface area (Å²) in [7, 11) is 1.28. The molecule has 0 saturated carbocycles. The van der Waals surface area contributed by atoms with E-state index in [0.29, 0.717) is 46.5 Å². The number of methoxy groups -OCH3 is 1. The summed E-state index contributed by atoms with van der Waals surface area (Å²) < 4.78 is 15.9. The van der Waals surface area contributed by atoms with E-state index < -0.39 is 23.7 Å². The lowest BCUT2D eigenvalue weighted by Gasteiger charge is -2.23. The third-order valence-electron chi connectivity index (χ3n) is 5.53. The van der Waals surface area contributed by atoms with Crippen molar-refractivity contribution in [2.45, 2.75) is 6.04 Å². The van der Waals surface area contributed by atoms with Gasteiger partial charge in [0.15, 0.2) is 16.6 Å². The van der Waals surface area contributed by atoms with Crippen molar-refractivity contribution in [1.82, 2.24) is 4.98 Å². The number of fused-ring (bicyclic) bond motifs is 1. The second-order valence-electron chi connectivity index (χ2n) is 7.46. The van der Waals surface area contributed by atoms with Crippen LogP contribution in [0.25, 0.3) is 5.76 Å². The molecule has 2 aromatic carbocycles. The fraction of sp³-hybridized carbons (Fsp3) is 0.167. The molecule has 0 aliphatic carbocycles.